The van der Waals surface area contributed by atoms with Crippen LogP contribution in [0.15, 0.2) is 29.6 Å². The summed E-state index contributed by atoms with van der Waals surface area (Å²) in [5.41, 5.74) is 7.39. The zero-order valence-electron chi connectivity index (χ0n) is 11.4. The van der Waals surface area contributed by atoms with Gasteiger partial charge in [0.25, 0.3) is 5.91 Å². The minimum absolute atomic E-state index is 0.196. The molecule has 0 aliphatic heterocycles. The van der Waals surface area contributed by atoms with E-state index >= 15 is 0 Å². The van der Waals surface area contributed by atoms with E-state index in [1.807, 2.05) is 25.1 Å². The summed E-state index contributed by atoms with van der Waals surface area (Å²) in [6.07, 6.45) is -0.198. The van der Waals surface area contributed by atoms with Crippen molar-refractivity contribution in [1.29, 1.82) is 0 Å². The van der Waals surface area contributed by atoms with Crippen LogP contribution in [0.25, 0.3) is 0 Å². The van der Waals surface area contributed by atoms with Crippen molar-refractivity contribution in [1.82, 2.24) is 10.3 Å². The lowest BCUT2D eigenvalue weighted by Crippen LogP contribution is -2.30. The summed E-state index contributed by atoms with van der Waals surface area (Å²) in [5.74, 6) is -1.42. The first kappa shape index (κ1) is 15.0. The molecular formula is C14H15N3O3S. The topological polar surface area (TPSA) is 105 Å². The molecule has 1 atom stereocenters. The number of nitrogens with two attached hydrogens (primary N) is 1. The number of hydrogen-bond acceptors (Lipinski definition) is 5. The molecule has 0 saturated carbocycles. The molecule has 2 rings (SSSR count). The average Bonchev–Trinajstić information content (AvgIpc) is 2.85. The van der Waals surface area contributed by atoms with Gasteiger partial charge < -0.3 is 16.2 Å². The Labute approximate surface area is 125 Å². The lowest BCUT2D eigenvalue weighted by Gasteiger charge is -2.18. The van der Waals surface area contributed by atoms with Crippen LogP contribution in [0, 0.1) is 6.92 Å². The molecule has 0 radical (unpaired) electrons. The summed E-state index contributed by atoms with van der Waals surface area (Å²) < 4.78 is 0. The van der Waals surface area contributed by atoms with Crippen molar-refractivity contribution in [3.05, 3.63) is 46.5 Å². The van der Waals surface area contributed by atoms with Gasteiger partial charge in [0.1, 0.15) is 5.69 Å². The van der Waals surface area contributed by atoms with Gasteiger partial charge in [-0.15, -0.1) is 11.3 Å². The maximum Gasteiger partial charge on any atom is 0.305 e. The molecule has 21 heavy (non-hydrogen) atoms. The Morgan fingerprint density at radius 3 is 2.71 bits per heavy atom. The van der Waals surface area contributed by atoms with E-state index in [2.05, 4.69) is 10.3 Å². The Hall–Kier alpha value is -2.41. The Morgan fingerprint density at radius 2 is 2.14 bits per heavy atom. The van der Waals surface area contributed by atoms with Crippen LogP contribution in [0.1, 0.15) is 34.1 Å². The number of carboxylic acids is 1. The highest BCUT2D eigenvalue weighted by atomic mass is 32.1. The Morgan fingerprint density at radius 1 is 1.43 bits per heavy atom. The van der Waals surface area contributed by atoms with Gasteiger partial charge in [0.15, 0.2) is 5.13 Å². The first-order chi connectivity index (χ1) is 9.97. The van der Waals surface area contributed by atoms with E-state index in [-0.39, 0.29) is 12.1 Å². The zero-order valence-corrected chi connectivity index (χ0v) is 12.2. The van der Waals surface area contributed by atoms with Gasteiger partial charge in [-0.05, 0) is 18.1 Å². The second kappa shape index (κ2) is 6.36. The van der Waals surface area contributed by atoms with Crippen molar-refractivity contribution >= 4 is 28.3 Å². The molecule has 0 aliphatic carbocycles. The lowest BCUT2D eigenvalue weighted by molar-refractivity contribution is -0.137. The van der Waals surface area contributed by atoms with Gasteiger partial charge in [-0.1, -0.05) is 24.3 Å². The number of amides is 1. The molecule has 1 amide bonds. The molecule has 1 heterocycles. The number of carbonyl (C=O) groups excluding carboxylic acids is 1. The van der Waals surface area contributed by atoms with Crippen molar-refractivity contribution in [2.45, 2.75) is 19.4 Å². The molecule has 7 heteroatoms. The van der Waals surface area contributed by atoms with Crippen LogP contribution in [0.3, 0.4) is 0 Å². The SMILES string of the molecule is Cc1ccccc1C(CC(=O)O)NC(=O)c1csc(N)n1. The molecule has 0 spiro atoms. The maximum absolute atomic E-state index is 12.1. The standard InChI is InChI=1S/C14H15N3O3S/c1-8-4-2-3-5-9(8)10(6-12(18)19)16-13(20)11-7-21-14(15)17-11/h2-5,7,10H,6H2,1H3,(H2,15,17)(H,16,20)(H,18,19). The Kier molecular flexibility index (Phi) is 4.54. The smallest absolute Gasteiger partial charge is 0.305 e. The van der Waals surface area contributed by atoms with Gasteiger partial charge >= 0.3 is 5.97 Å². The van der Waals surface area contributed by atoms with Crippen LogP contribution in [0.2, 0.25) is 0 Å². The minimum atomic E-state index is -0.985. The number of carbonyl (C=O) groups is 2. The van der Waals surface area contributed by atoms with Crippen LogP contribution in [-0.2, 0) is 4.79 Å². The maximum atomic E-state index is 12.1. The summed E-state index contributed by atoms with van der Waals surface area (Å²) in [6, 6.07) is 6.73. The first-order valence-corrected chi connectivity index (χ1v) is 7.14. The number of nitrogen functional groups attached to an aromatic ring is 1. The summed E-state index contributed by atoms with van der Waals surface area (Å²) in [6.45, 7) is 1.87. The molecule has 1 aromatic carbocycles. The van der Waals surface area contributed by atoms with E-state index in [0.29, 0.717) is 5.13 Å². The molecule has 0 bridgehead atoms. The molecule has 0 fully saturated rings. The number of aliphatic carboxylic acids is 1. The van der Waals surface area contributed by atoms with E-state index in [0.717, 1.165) is 22.5 Å². The van der Waals surface area contributed by atoms with Crippen LogP contribution in [-0.4, -0.2) is 22.0 Å². The van der Waals surface area contributed by atoms with Crippen LogP contribution >= 0.6 is 11.3 Å². The van der Waals surface area contributed by atoms with Crippen LogP contribution in [0.4, 0.5) is 5.13 Å². The predicted molar refractivity (Wildman–Crippen MR) is 80.2 cm³/mol. The number of nitrogens with zero attached hydrogens (tertiary/aromatic N) is 1. The lowest BCUT2D eigenvalue weighted by atomic mass is 9.98. The quantitative estimate of drug-likeness (QED) is 0.783. The summed E-state index contributed by atoms with van der Waals surface area (Å²) in [4.78, 5) is 27.0. The Bertz CT molecular complexity index is 669. The number of anilines is 1. The van der Waals surface area contributed by atoms with Crippen molar-refractivity contribution in [2.75, 3.05) is 5.73 Å². The van der Waals surface area contributed by atoms with Gasteiger partial charge in [-0.25, -0.2) is 4.98 Å². The average molecular weight is 305 g/mol. The summed E-state index contributed by atoms with van der Waals surface area (Å²) in [7, 11) is 0. The third kappa shape index (κ3) is 3.79. The van der Waals surface area contributed by atoms with Crippen molar-refractivity contribution in [3.63, 3.8) is 0 Å². The molecule has 0 saturated heterocycles. The van der Waals surface area contributed by atoms with Gasteiger partial charge in [0.2, 0.25) is 0 Å². The predicted octanol–water partition coefficient (Wildman–Crippen LogP) is 1.98. The highest BCUT2D eigenvalue weighted by Gasteiger charge is 2.21. The zero-order chi connectivity index (χ0) is 15.4. The molecular weight excluding hydrogens is 290 g/mol. The molecule has 1 aromatic heterocycles. The number of benzene rings is 1. The number of aromatic nitrogens is 1. The van der Waals surface area contributed by atoms with E-state index in [9.17, 15) is 9.59 Å². The molecule has 4 N–H and O–H groups in total. The van der Waals surface area contributed by atoms with Crippen molar-refractivity contribution in [3.8, 4) is 0 Å². The van der Waals surface area contributed by atoms with E-state index in [1.54, 1.807) is 11.4 Å². The fourth-order valence-electron chi connectivity index (χ4n) is 2.02. The van der Waals surface area contributed by atoms with Crippen molar-refractivity contribution in [2.24, 2.45) is 0 Å². The second-order valence-corrected chi connectivity index (χ2v) is 5.44. The number of rotatable bonds is 5. The highest BCUT2D eigenvalue weighted by Crippen LogP contribution is 2.21. The number of carboxylic acid groups (broad SMARTS) is 1. The number of thiazole rings is 1. The first-order valence-electron chi connectivity index (χ1n) is 6.26. The highest BCUT2D eigenvalue weighted by molar-refractivity contribution is 7.13. The monoisotopic (exact) mass is 305 g/mol. The molecule has 2 aromatic rings. The Balaban J connectivity index is 2.23. The molecule has 0 aliphatic rings. The normalized spacial score (nSPS) is 11.9. The largest absolute Gasteiger partial charge is 0.481 e. The van der Waals surface area contributed by atoms with Crippen LogP contribution < -0.4 is 11.1 Å². The van der Waals surface area contributed by atoms with Crippen LogP contribution in [0.5, 0.6) is 0 Å². The van der Waals surface area contributed by atoms with Gasteiger partial charge in [-0.3, -0.25) is 9.59 Å². The number of aryl methyl sites for hydroxylation is 1. The third-order valence-corrected chi connectivity index (χ3v) is 3.68. The number of nitrogens with one attached hydrogen (secondary N) is 1. The number of hydrogen-bond donors (Lipinski definition) is 3. The fourth-order valence-corrected chi connectivity index (χ4v) is 2.56. The molecule has 110 valence electrons. The van der Waals surface area contributed by atoms with Gasteiger partial charge in [0, 0.05) is 5.38 Å². The van der Waals surface area contributed by atoms with Crippen molar-refractivity contribution < 1.29 is 14.7 Å². The molecule has 1 unspecified atom stereocenters. The fraction of sp³-hybridized carbons (Fsp3) is 0.214. The van der Waals surface area contributed by atoms with Gasteiger partial charge in [0.05, 0.1) is 12.5 Å². The summed E-state index contributed by atoms with van der Waals surface area (Å²) in [5, 5.41) is 13.6. The van der Waals surface area contributed by atoms with E-state index < -0.39 is 17.9 Å². The molecule has 6 nitrogen and oxygen atoms in total. The minimum Gasteiger partial charge on any atom is -0.481 e. The van der Waals surface area contributed by atoms with Gasteiger partial charge in [-0.2, -0.15) is 0 Å². The third-order valence-electron chi connectivity index (χ3n) is 3.00. The second-order valence-electron chi connectivity index (χ2n) is 4.55. The van der Waals surface area contributed by atoms with E-state index in [4.69, 9.17) is 10.8 Å². The summed E-state index contributed by atoms with van der Waals surface area (Å²) >= 11 is 1.16. The van der Waals surface area contributed by atoms with E-state index in [1.165, 1.54) is 0 Å².